The van der Waals surface area contributed by atoms with E-state index in [0.29, 0.717) is 6.54 Å². The van der Waals surface area contributed by atoms with Crippen LogP contribution >= 0.6 is 0 Å². The molecule has 0 spiro atoms. The molecule has 0 aliphatic carbocycles. The maximum absolute atomic E-state index is 5.77. The largest absolute Gasteiger partial charge is 0.356 e. The summed E-state index contributed by atoms with van der Waals surface area (Å²) in [6, 6.07) is 6.24. The highest BCUT2D eigenvalue weighted by molar-refractivity contribution is 5.79. The molecule has 3 rings (SSSR count). The first kappa shape index (κ1) is 10.7. The second kappa shape index (κ2) is 4.47. The average Bonchev–Trinajstić information content (AvgIpc) is 2.82. The number of nitrogens with two attached hydrogens (primary N) is 1. The van der Waals surface area contributed by atoms with Crippen LogP contribution < -0.4 is 5.73 Å². The highest BCUT2D eigenvalue weighted by Gasteiger charge is 2.18. The van der Waals surface area contributed by atoms with E-state index in [-0.39, 0.29) is 6.23 Å². The molecule has 0 bridgehead atoms. The number of hydrogen-bond donors (Lipinski definition) is 1. The molecule has 1 saturated heterocycles. The molecule has 2 aromatic rings. The Morgan fingerprint density at radius 2 is 2.35 bits per heavy atom. The van der Waals surface area contributed by atoms with Gasteiger partial charge in [0.25, 0.3) is 0 Å². The van der Waals surface area contributed by atoms with Crippen molar-refractivity contribution in [2.45, 2.75) is 32.0 Å². The summed E-state index contributed by atoms with van der Waals surface area (Å²) in [6.45, 7) is 1.40. The lowest BCUT2D eigenvalue weighted by atomic mass is 10.1. The average molecular weight is 231 g/mol. The van der Waals surface area contributed by atoms with Gasteiger partial charge in [-0.3, -0.25) is 0 Å². The van der Waals surface area contributed by atoms with E-state index in [9.17, 15) is 0 Å². The number of hydrogen-bond acceptors (Lipinski definition) is 3. The Balaban J connectivity index is 2.02. The molecule has 1 aromatic heterocycles. The zero-order chi connectivity index (χ0) is 11.7. The zero-order valence-electron chi connectivity index (χ0n) is 9.80. The van der Waals surface area contributed by atoms with Crippen LogP contribution in [0, 0.1) is 0 Å². The Bertz CT molecular complexity index is 514. The van der Waals surface area contributed by atoms with Gasteiger partial charge >= 0.3 is 0 Å². The number of ether oxygens (including phenoxy) is 1. The standard InChI is InChI=1S/C13H17N3O/c14-8-10-4-5-11-9-15-16(12(11)7-10)13-3-1-2-6-17-13/h4-5,7,9,13H,1-3,6,8,14H2/t13-/m1/s1. The fourth-order valence-electron chi connectivity index (χ4n) is 2.36. The van der Waals surface area contributed by atoms with Crippen molar-refractivity contribution in [1.29, 1.82) is 0 Å². The molecular weight excluding hydrogens is 214 g/mol. The third kappa shape index (κ3) is 1.94. The van der Waals surface area contributed by atoms with E-state index in [4.69, 9.17) is 10.5 Å². The van der Waals surface area contributed by atoms with Crippen molar-refractivity contribution in [1.82, 2.24) is 9.78 Å². The third-order valence-electron chi connectivity index (χ3n) is 3.33. The van der Waals surface area contributed by atoms with Crippen molar-refractivity contribution in [2.75, 3.05) is 6.61 Å². The van der Waals surface area contributed by atoms with Crippen LogP contribution in [0.4, 0.5) is 0 Å². The van der Waals surface area contributed by atoms with Crippen LogP contribution in [-0.2, 0) is 11.3 Å². The number of benzene rings is 1. The quantitative estimate of drug-likeness (QED) is 0.862. The van der Waals surface area contributed by atoms with Crippen LogP contribution in [0.3, 0.4) is 0 Å². The summed E-state index contributed by atoms with van der Waals surface area (Å²) < 4.78 is 7.77. The van der Waals surface area contributed by atoms with Crippen LogP contribution in [0.15, 0.2) is 24.4 Å². The van der Waals surface area contributed by atoms with Gasteiger partial charge in [-0.2, -0.15) is 5.10 Å². The summed E-state index contributed by atoms with van der Waals surface area (Å²) in [5, 5.41) is 5.59. The summed E-state index contributed by atoms with van der Waals surface area (Å²) in [5.74, 6) is 0. The van der Waals surface area contributed by atoms with Gasteiger partial charge in [-0.25, -0.2) is 4.68 Å². The third-order valence-corrected chi connectivity index (χ3v) is 3.33. The number of fused-ring (bicyclic) bond motifs is 1. The van der Waals surface area contributed by atoms with Crippen LogP contribution in [0.2, 0.25) is 0 Å². The molecule has 1 aliphatic heterocycles. The zero-order valence-corrected chi connectivity index (χ0v) is 9.80. The van der Waals surface area contributed by atoms with Gasteiger partial charge in [0.1, 0.15) is 0 Å². The van der Waals surface area contributed by atoms with E-state index in [1.165, 1.54) is 6.42 Å². The topological polar surface area (TPSA) is 53.1 Å². The molecule has 1 aromatic carbocycles. The van der Waals surface area contributed by atoms with Crippen molar-refractivity contribution in [3.8, 4) is 0 Å². The van der Waals surface area contributed by atoms with Gasteiger partial charge in [0.2, 0.25) is 0 Å². The van der Waals surface area contributed by atoms with Gasteiger partial charge in [0.05, 0.1) is 11.7 Å². The second-order valence-corrected chi connectivity index (χ2v) is 4.51. The SMILES string of the molecule is NCc1ccc2cnn([C@H]3CCCCO3)c2c1. The van der Waals surface area contributed by atoms with Gasteiger partial charge < -0.3 is 10.5 Å². The predicted molar refractivity (Wildman–Crippen MR) is 66.5 cm³/mol. The molecule has 4 nitrogen and oxygen atoms in total. The van der Waals surface area contributed by atoms with Crippen LogP contribution in [0.5, 0.6) is 0 Å². The van der Waals surface area contributed by atoms with Crippen molar-refractivity contribution in [2.24, 2.45) is 5.73 Å². The molecule has 0 saturated carbocycles. The lowest BCUT2D eigenvalue weighted by molar-refractivity contribution is -0.0366. The van der Waals surface area contributed by atoms with E-state index in [0.717, 1.165) is 35.9 Å². The summed E-state index contributed by atoms with van der Waals surface area (Å²) in [6.07, 6.45) is 5.40. The van der Waals surface area contributed by atoms with E-state index in [1.54, 1.807) is 0 Å². The first-order valence-corrected chi connectivity index (χ1v) is 6.16. The normalized spacial score (nSPS) is 20.9. The molecule has 1 fully saturated rings. The fraction of sp³-hybridized carbons (Fsp3) is 0.462. The Kier molecular flexibility index (Phi) is 2.82. The summed E-state index contributed by atoms with van der Waals surface area (Å²) in [4.78, 5) is 0. The Labute approximate surface area is 100 Å². The molecular formula is C13H17N3O. The van der Waals surface area contributed by atoms with Crippen molar-refractivity contribution < 1.29 is 4.74 Å². The van der Waals surface area contributed by atoms with Gasteiger partial charge in [-0.15, -0.1) is 0 Å². The molecule has 2 heterocycles. The van der Waals surface area contributed by atoms with Gasteiger partial charge in [0, 0.05) is 18.5 Å². The van der Waals surface area contributed by atoms with Crippen molar-refractivity contribution in [3.63, 3.8) is 0 Å². The first-order valence-electron chi connectivity index (χ1n) is 6.16. The van der Waals surface area contributed by atoms with Crippen molar-refractivity contribution in [3.05, 3.63) is 30.0 Å². The predicted octanol–water partition coefficient (Wildman–Crippen LogP) is 2.19. The Morgan fingerprint density at radius 3 is 3.12 bits per heavy atom. The number of nitrogens with zero attached hydrogens (tertiary/aromatic N) is 2. The van der Waals surface area contributed by atoms with Crippen LogP contribution in [0.25, 0.3) is 10.9 Å². The lowest BCUT2D eigenvalue weighted by Gasteiger charge is -2.23. The highest BCUT2D eigenvalue weighted by atomic mass is 16.5. The van der Waals surface area contributed by atoms with Gasteiger partial charge in [-0.05, 0) is 30.9 Å². The minimum Gasteiger partial charge on any atom is -0.356 e. The molecule has 1 aliphatic rings. The van der Waals surface area contributed by atoms with E-state index >= 15 is 0 Å². The maximum Gasteiger partial charge on any atom is 0.150 e. The number of aromatic nitrogens is 2. The molecule has 1 atom stereocenters. The van der Waals surface area contributed by atoms with Crippen molar-refractivity contribution >= 4 is 10.9 Å². The van der Waals surface area contributed by atoms with Gasteiger partial charge in [-0.1, -0.05) is 12.1 Å². The molecule has 2 N–H and O–H groups in total. The highest BCUT2D eigenvalue weighted by Crippen LogP contribution is 2.26. The molecule has 17 heavy (non-hydrogen) atoms. The number of rotatable bonds is 2. The van der Waals surface area contributed by atoms with E-state index in [1.807, 2.05) is 10.9 Å². The molecule has 0 unspecified atom stereocenters. The molecule has 4 heteroatoms. The lowest BCUT2D eigenvalue weighted by Crippen LogP contribution is -2.19. The maximum atomic E-state index is 5.77. The second-order valence-electron chi connectivity index (χ2n) is 4.51. The van der Waals surface area contributed by atoms with E-state index in [2.05, 4.69) is 23.3 Å². The van der Waals surface area contributed by atoms with Crippen LogP contribution in [-0.4, -0.2) is 16.4 Å². The molecule has 90 valence electrons. The van der Waals surface area contributed by atoms with E-state index < -0.39 is 0 Å². The monoisotopic (exact) mass is 231 g/mol. The molecule has 0 radical (unpaired) electrons. The minimum atomic E-state index is 0.0919. The first-order chi connectivity index (χ1) is 8.38. The minimum absolute atomic E-state index is 0.0919. The summed E-state index contributed by atoms with van der Waals surface area (Å²) >= 11 is 0. The molecule has 0 amide bonds. The fourth-order valence-corrected chi connectivity index (χ4v) is 2.36. The Morgan fingerprint density at radius 1 is 1.41 bits per heavy atom. The van der Waals surface area contributed by atoms with Gasteiger partial charge in [0.15, 0.2) is 6.23 Å². The Hall–Kier alpha value is -1.39. The summed E-state index contributed by atoms with van der Waals surface area (Å²) in [7, 11) is 0. The summed E-state index contributed by atoms with van der Waals surface area (Å²) in [5.41, 5.74) is 7.94. The van der Waals surface area contributed by atoms with Crippen LogP contribution in [0.1, 0.15) is 31.1 Å². The smallest absolute Gasteiger partial charge is 0.150 e.